The first-order valence-electron chi connectivity index (χ1n) is 8.94. The lowest BCUT2D eigenvalue weighted by Crippen LogP contribution is -2.17. The van der Waals surface area contributed by atoms with Crippen molar-refractivity contribution in [1.29, 1.82) is 0 Å². The lowest BCUT2D eigenvalue weighted by molar-refractivity contribution is -0.113. The topological polar surface area (TPSA) is 81.9 Å². The minimum absolute atomic E-state index is 0.0521. The SMILES string of the molecule is COc1cccc([C@@H]2SCC(=O)Nc3c2c(C)nn3-c2nc(C)cc(C)n2)c1. The van der Waals surface area contributed by atoms with E-state index in [0.29, 0.717) is 17.5 Å². The average molecular weight is 395 g/mol. The number of aromatic nitrogens is 4. The monoisotopic (exact) mass is 395 g/mol. The van der Waals surface area contributed by atoms with Crippen LogP contribution in [-0.4, -0.2) is 38.5 Å². The van der Waals surface area contributed by atoms with Crippen LogP contribution in [0.15, 0.2) is 30.3 Å². The third-order valence-electron chi connectivity index (χ3n) is 4.56. The molecule has 3 aromatic rings. The zero-order valence-electron chi connectivity index (χ0n) is 16.2. The van der Waals surface area contributed by atoms with Gasteiger partial charge in [-0.25, -0.2) is 9.97 Å². The van der Waals surface area contributed by atoms with E-state index in [0.717, 1.165) is 34.0 Å². The molecule has 144 valence electrons. The first-order chi connectivity index (χ1) is 13.5. The first-order valence-corrected chi connectivity index (χ1v) is 9.98. The summed E-state index contributed by atoms with van der Waals surface area (Å²) in [5.74, 6) is 2.15. The quantitative estimate of drug-likeness (QED) is 0.732. The minimum Gasteiger partial charge on any atom is -0.497 e. The van der Waals surface area contributed by atoms with Gasteiger partial charge in [0.05, 0.1) is 23.8 Å². The number of hydrogen-bond acceptors (Lipinski definition) is 6. The summed E-state index contributed by atoms with van der Waals surface area (Å²) in [6.07, 6.45) is 0. The summed E-state index contributed by atoms with van der Waals surface area (Å²) in [6.45, 7) is 5.78. The Labute approximate surface area is 167 Å². The molecule has 3 heterocycles. The molecule has 0 aliphatic carbocycles. The molecule has 0 spiro atoms. The Morgan fingerprint density at radius 1 is 1.18 bits per heavy atom. The predicted molar refractivity (Wildman–Crippen MR) is 109 cm³/mol. The number of ether oxygens (including phenoxy) is 1. The van der Waals surface area contributed by atoms with Crippen LogP contribution in [-0.2, 0) is 4.79 Å². The van der Waals surface area contributed by atoms with Gasteiger partial charge in [-0.3, -0.25) is 4.79 Å². The minimum atomic E-state index is -0.0674. The van der Waals surface area contributed by atoms with Crippen molar-refractivity contribution in [2.24, 2.45) is 0 Å². The molecule has 28 heavy (non-hydrogen) atoms. The lowest BCUT2D eigenvalue weighted by atomic mass is 10.0. The Kier molecular flexibility index (Phi) is 4.80. The Morgan fingerprint density at radius 3 is 2.64 bits per heavy atom. The van der Waals surface area contributed by atoms with Crippen LogP contribution in [0, 0.1) is 20.8 Å². The van der Waals surface area contributed by atoms with Gasteiger partial charge in [0.25, 0.3) is 5.95 Å². The van der Waals surface area contributed by atoms with Crippen molar-refractivity contribution >= 4 is 23.5 Å². The Hall–Kier alpha value is -2.87. The van der Waals surface area contributed by atoms with E-state index in [9.17, 15) is 4.79 Å². The molecule has 2 aromatic heterocycles. The van der Waals surface area contributed by atoms with E-state index in [1.807, 2.05) is 51.1 Å². The second kappa shape index (κ2) is 7.27. The highest BCUT2D eigenvalue weighted by molar-refractivity contribution is 8.00. The third-order valence-corrected chi connectivity index (χ3v) is 5.83. The zero-order chi connectivity index (χ0) is 19.8. The molecule has 1 N–H and O–H groups in total. The highest BCUT2D eigenvalue weighted by Gasteiger charge is 2.31. The van der Waals surface area contributed by atoms with Gasteiger partial charge < -0.3 is 10.1 Å². The summed E-state index contributed by atoms with van der Waals surface area (Å²) >= 11 is 1.57. The Balaban J connectivity index is 1.90. The first kappa shape index (κ1) is 18.5. The molecule has 1 atom stereocenters. The molecule has 1 aromatic carbocycles. The van der Waals surface area contributed by atoms with E-state index in [-0.39, 0.29) is 11.2 Å². The van der Waals surface area contributed by atoms with E-state index in [4.69, 9.17) is 4.74 Å². The smallest absolute Gasteiger partial charge is 0.252 e. The van der Waals surface area contributed by atoms with Crippen molar-refractivity contribution in [3.05, 3.63) is 58.5 Å². The summed E-state index contributed by atoms with van der Waals surface area (Å²) in [5, 5.41) is 7.63. The van der Waals surface area contributed by atoms with Gasteiger partial charge in [0.1, 0.15) is 11.6 Å². The summed E-state index contributed by atoms with van der Waals surface area (Å²) in [7, 11) is 1.65. The maximum absolute atomic E-state index is 12.4. The summed E-state index contributed by atoms with van der Waals surface area (Å²) in [6, 6.07) is 9.83. The highest BCUT2D eigenvalue weighted by Crippen LogP contribution is 2.44. The van der Waals surface area contributed by atoms with Gasteiger partial charge in [0.2, 0.25) is 5.91 Å². The van der Waals surface area contributed by atoms with Gasteiger partial charge in [-0.15, -0.1) is 11.8 Å². The van der Waals surface area contributed by atoms with Gasteiger partial charge in [-0.1, -0.05) is 12.1 Å². The average Bonchev–Trinajstić information content (AvgIpc) is 2.87. The van der Waals surface area contributed by atoms with Crippen molar-refractivity contribution in [2.45, 2.75) is 26.0 Å². The molecular weight excluding hydrogens is 374 g/mol. The van der Waals surface area contributed by atoms with Crippen molar-refractivity contribution in [3.63, 3.8) is 0 Å². The standard InChI is InChI=1S/C20H21N5O2S/c1-11-8-12(2)22-20(21-11)25-19-17(13(3)24-25)18(28-10-16(26)23-19)14-6-5-7-15(9-14)27-4/h5-9,18H,10H2,1-4H3,(H,23,26)/t18-/m0/s1. The molecule has 1 aliphatic heterocycles. The van der Waals surface area contributed by atoms with Crippen LogP contribution in [0.3, 0.4) is 0 Å². The number of anilines is 1. The fourth-order valence-electron chi connectivity index (χ4n) is 3.40. The number of rotatable bonds is 3. The van der Waals surface area contributed by atoms with Crippen molar-refractivity contribution in [2.75, 3.05) is 18.2 Å². The van der Waals surface area contributed by atoms with Gasteiger partial charge in [0, 0.05) is 17.0 Å². The molecule has 0 radical (unpaired) electrons. The molecule has 0 saturated carbocycles. The molecule has 0 fully saturated rings. The van der Waals surface area contributed by atoms with Crippen molar-refractivity contribution < 1.29 is 9.53 Å². The highest BCUT2D eigenvalue weighted by atomic mass is 32.2. The second-order valence-corrected chi connectivity index (χ2v) is 7.82. The van der Waals surface area contributed by atoms with Gasteiger partial charge in [-0.2, -0.15) is 9.78 Å². The molecule has 4 rings (SSSR count). The summed E-state index contributed by atoms with van der Waals surface area (Å²) in [5.41, 5.74) is 4.56. The Bertz CT molecular complexity index is 1040. The molecule has 1 amide bonds. The maximum atomic E-state index is 12.4. The Morgan fingerprint density at radius 2 is 1.93 bits per heavy atom. The van der Waals surface area contributed by atoms with E-state index in [2.05, 4.69) is 20.4 Å². The fraction of sp³-hybridized carbons (Fsp3) is 0.300. The number of aryl methyl sites for hydroxylation is 3. The van der Waals surface area contributed by atoms with Crippen LogP contribution in [0.2, 0.25) is 0 Å². The molecular formula is C20H21N5O2S. The summed E-state index contributed by atoms with van der Waals surface area (Å²) < 4.78 is 7.02. The van der Waals surface area contributed by atoms with Crippen molar-refractivity contribution in [3.8, 4) is 11.7 Å². The zero-order valence-corrected chi connectivity index (χ0v) is 17.0. The van der Waals surface area contributed by atoms with Gasteiger partial charge >= 0.3 is 0 Å². The predicted octanol–water partition coefficient (Wildman–Crippen LogP) is 3.37. The second-order valence-electron chi connectivity index (χ2n) is 6.73. The van der Waals surface area contributed by atoms with E-state index in [1.54, 1.807) is 23.6 Å². The third kappa shape index (κ3) is 3.35. The van der Waals surface area contributed by atoms with E-state index < -0.39 is 0 Å². The number of nitrogens with zero attached hydrogens (tertiary/aromatic N) is 4. The molecule has 0 unspecified atom stereocenters. The van der Waals surface area contributed by atoms with Crippen LogP contribution < -0.4 is 10.1 Å². The van der Waals surface area contributed by atoms with E-state index >= 15 is 0 Å². The van der Waals surface area contributed by atoms with Crippen LogP contribution in [0.1, 0.15) is 33.5 Å². The lowest BCUT2D eigenvalue weighted by Gasteiger charge is -2.16. The number of hydrogen-bond donors (Lipinski definition) is 1. The number of methoxy groups -OCH3 is 1. The van der Waals surface area contributed by atoms with Crippen LogP contribution >= 0.6 is 11.8 Å². The maximum Gasteiger partial charge on any atom is 0.252 e. The van der Waals surface area contributed by atoms with Gasteiger partial charge in [-0.05, 0) is 44.5 Å². The number of fused-ring (bicyclic) bond motifs is 1. The number of thioether (sulfide) groups is 1. The van der Waals surface area contributed by atoms with Crippen LogP contribution in [0.4, 0.5) is 5.82 Å². The molecule has 0 bridgehead atoms. The molecule has 0 saturated heterocycles. The largest absolute Gasteiger partial charge is 0.497 e. The van der Waals surface area contributed by atoms with Crippen LogP contribution in [0.25, 0.3) is 5.95 Å². The number of benzene rings is 1. The van der Waals surface area contributed by atoms with Crippen molar-refractivity contribution in [1.82, 2.24) is 19.7 Å². The molecule has 1 aliphatic rings. The fourth-order valence-corrected chi connectivity index (χ4v) is 4.58. The number of carbonyl (C=O) groups is 1. The normalized spacial score (nSPS) is 16.3. The number of amides is 1. The molecule has 7 nitrogen and oxygen atoms in total. The van der Waals surface area contributed by atoms with Gasteiger partial charge in [0.15, 0.2) is 0 Å². The summed E-state index contributed by atoms with van der Waals surface area (Å²) in [4.78, 5) is 21.5. The molecule has 8 heteroatoms. The number of carbonyl (C=O) groups excluding carboxylic acids is 1. The van der Waals surface area contributed by atoms with Crippen LogP contribution in [0.5, 0.6) is 5.75 Å². The number of nitrogens with one attached hydrogen (secondary N) is 1. The van der Waals surface area contributed by atoms with E-state index in [1.165, 1.54) is 0 Å².